The molecule has 1 aliphatic rings. The van der Waals surface area contributed by atoms with Gasteiger partial charge in [-0.05, 0) is 24.3 Å². The molecule has 1 aliphatic heterocycles. The molecule has 1 saturated heterocycles. The highest BCUT2D eigenvalue weighted by Gasteiger charge is 2.20. The summed E-state index contributed by atoms with van der Waals surface area (Å²) in [5.74, 6) is -0.765. The van der Waals surface area contributed by atoms with Crippen LogP contribution >= 0.6 is 0 Å². The summed E-state index contributed by atoms with van der Waals surface area (Å²) < 4.78 is 10.2. The van der Waals surface area contributed by atoms with Gasteiger partial charge in [0.15, 0.2) is 6.61 Å². The lowest BCUT2D eigenvalue weighted by molar-refractivity contribution is -0.139. The second-order valence-electron chi connectivity index (χ2n) is 4.28. The monoisotopic (exact) mass is 280 g/mol. The zero-order valence-corrected chi connectivity index (χ0v) is 10.8. The molecule has 0 radical (unpaired) electrons. The van der Waals surface area contributed by atoms with E-state index >= 15 is 0 Å². The molecule has 2 rings (SSSR count). The van der Waals surface area contributed by atoms with Crippen LogP contribution in [0.2, 0.25) is 0 Å². The van der Waals surface area contributed by atoms with Gasteiger partial charge < -0.3 is 25.2 Å². The molecule has 0 aromatic heterocycles. The number of aliphatic carboxylic acids is 1. The Bertz CT molecular complexity index is 468. The van der Waals surface area contributed by atoms with Crippen LogP contribution in [0.5, 0.6) is 5.75 Å². The number of hydrogen-bond donors (Lipinski definition) is 3. The van der Waals surface area contributed by atoms with Gasteiger partial charge in [-0.1, -0.05) is 0 Å². The maximum absolute atomic E-state index is 11.9. The van der Waals surface area contributed by atoms with Crippen molar-refractivity contribution in [2.75, 3.05) is 31.7 Å². The molecule has 0 aliphatic carbocycles. The summed E-state index contributed by atoms with van der Waals surface area (Å²) in [6, 6.07) is 6.15. The molecule has 0 spiro atoms. The average Bonchev–Trinajstić information content (AvgIpc) is 2.47. The predicted octanol–water partition coefficient (Wildman–Crippen LogP) is 0.0769. The zero-order valence-electron chi connectivity index (χ0n) is 10.8. The number of carbonyl (C=O) groups is 2. The van der Waals surface area contributed by atoms with Crippen LogP contribution in [0, 0.1) is 0 Å². The van der Waals surface area contributed by atoms with Crippen molar-refractivity contribution >= 4 is 17.6 Å². The zero-order chi connectivity index (χ0) is 14.4. The van der Waals surface area contributed by atoms with Crippen LogP contribution in [0.25, 0.3) is 0 Å². The normalized spacial score (nSPS) is 18.3. The third kappa shape index (κ3) is 4.22. The summed E-state index contributed by atoms with van der Waals surface area (Å²) >= 11 is 0. The number of anilines is 1. The molecular formula is C13H16N2O5. The van der Waals surface area contributed by atoms with Gasteiger partial charge in [0.25, 0.3) is 0 Å². The molecule has 1 heterocycles. The number of nitrogens with one attached hydrogen (secondary N) is 2. The lowest BCUT2D eigenvalue weighted by Crippen LogP contribution is -2.48. The number of carboxylic acid groups (broad SMARTS) is 1. The summed E-state index contributed by atoms with van der Waals surface area (Å²) in [7, 11) is 0. The fourth-order valence-corrected chi connectivity index (χ4v) is 1.74. The number of carboxylic acids is 1. The smallest absolute Gasteiger partial charge is 0.341 e. The van der Waals surface area contributed by atoms with Crippen molar-refractivity contribution in [1.29, 1.82) is 0 Å². The van der Waals surface area contributed by atoms with Crippen LogP contribution in [0.3, 0.4) is 0 Å². The number of amides is 1. The summed E-state index contributed by atoms with van der Waals surface area (Å²) in [5, 5.41) is 14.3. The van der Waals surface area contributed by atoms with Gasteiger partial charge in [0.2, 0.25) is 5.91 Å². The number of benzene rings is 1. The minimum atomic E-state index is -1.04. The third-order valence-corrected chi connectivity index (χ3v) is 2.72. The third-order valence-electron chi connectivity index (χ3n) is 2.72. The second-order valence-corrected chi connectivity index (χ2v) is 4.28. The molecule has 0 saturated carbocycles. The highest BCUT2D eigenvalue weighted by molar-refractivity contribution is 5.95. The number of ether oxygens (including phenoxy) is 2. The lowest BCUT2D eigenvalue weighted by Gasteiger charge is -2.22. The summed E-state index contributed by atoms with van der Waals surface area (Å²) in [6.07, 6.45) is 0. The molecule has 0 bridgehead atoms. The van der Waals surface area contributed by atoms with Crippen molar-refractivity contribution < 1.29 is 24.2 Å². The summed E-state index contributed by atoms with van der Waals surface area (Å²) in [4.78, 5) is 22.3. The topological polar surface area (TPSA) is 96.9 Å². The quantitative estimate of drug-likeness (QED) is 0.706. The van der Waals surface area contributed by atoms with E-state index in [0.29, 0.717) is 31.2 Å². The molecule has 1 atom stereocenters. The Kier molecular flexibility index (Phi) is 4.91. The Balaban J connectivity index is 1.86. The van der Waals surface area contributed by atoms with Crippen LogP contribution in [0.15, 0.2) is 24.3 Å². The second kappa shape index (κ2) is 6.88. The van der Waals surface area contributed by atoms with Gasteiger partial charge in [0.05, 0.1) is 13.2 Å². The predicted molar refractivity (Wildman–Crippen MR) is 70.8 cm³/mol. The number of morpholine rings is 1. The van der Waals surface area contributed by atoms with E-state index in [0.717, 1.165) is 0 Å². The van der Waals surface area contributed by atoms with E-state index in [1.54, 1.807) is 24.3 Å². The number of carbonyl (C=O) groups excluding carboxylic acids is 1. The van der Waals surface area contributed by atoms with Gasteiger partial charge in [-0.15, -0.1) is 0 Å². The first-order valence-electron chi connectivity index (χ1n) is 6.22. The molecule has 108 valence electrons. The molecule has 1 amide bonds. The van der Waals surface area contributed by atoms with Gasteiger partial charge in [-0.25, -0.2) is 4.79 Å². The lowest BCUT2D eigenvalue weighted by atomic mass is 10.2. The Labute approximate surface area is 115 Å². The van der Waals surface area contributed by atoms with Crippen molar-refractivity contribution in [1.82, 2.24) is 5.32 Å². The number of rotatable bonds is 5. The van der Waals surface area contributed by atoms with E-state index < -0.39 is 12.6 Å². The van der Waals surface area contributed by atoms with Crippen molar-refractivity contribution in [2.24, 2.45) is 0 Å². The fraction of sp³-hybridized carbons (Fsp3) is 0.385. The maximum atomic E-state index is 11.9. The minimum Gasteiger partial charge on any atom is -0.482 e. The molecule has 1 aromatic rings. The Hall–Kier alpha value is -2.12. The SMILES string of the molecule is O=C(O)COc1ccc(NC(=O)C2COCCN2)cc1. The highest BCUT2D eigenvalue weighted by atomic mass is 16.5. The summed E-state index contributed by atoms with van der Waals surface area (Å²) in [5.41, 5.74) is 0.616. The van der Waals surface area contributed by atoms with Crippen LogP contribution in [0.1, 0.15) is 0 Å². The van der Waals surface area contributed by atoms with Crippen LogP contribution in [-0.4, -0.2) is 49.4 Å². The van der Waals surface area contributed by atoms with Crippen LogP contribution in [0.4, 0.5) is 5.69 Å². The largest absolute Gasteiger partial charge is 0.482 e. The van der Waals surface area contributed by atoms with Gasteiger partial charge in [0.1, 0.15) is 11.8 Å². The van der Waals surface area contributed by atoms with Crippen molar-refractivity contribution in [3.8, 4) is 5.75 Å². The molecule has 1 unspecified atom stereocenters. The van der Waals surface area contributed by atoms with Gasteiger partial charge in [-0.3, -0.25) is 4.79 Å². The van der Waals surface area contributed by atoms with Gasteiger partial charge in [-0.2, -0.15) is 0 Å². The molecule has 20 heavy (non-hydrogen) atoms. The van der Waals surface area contributed by atoms with E-state index in [4.69, 9.17) is 14.6 Å². The molecule has 3 N–H and O–H groups in total. The first kappa shape index (κ1) is 14.3. The van der Waals surface area contributed by atoms with E-state index in [1.807, 2.05) is 0 Å². The van der Waals surface area contributed by atoms with Crippen LogP contribution in [-0.2, 0) is 14.3 Å². The van der Waals surface area contributed by atoms with Gasteiger partial charge >= 0.3 is 5.97 Å². The van der Waals surface area contributed by atoms with Gasteiger partial charge in [0, 0.05) is 12.2 Å². The van der Waals surface area contributed by atoms with E-state index in [9.17, 15) is 9.59 Å². The van der Waals surface area contributed by atoms with E-state index in [2.05, 4.69) is 10.6 Å². The standard InChI is InChI=1S/C13H16N2O5/c16-12(17)8-20-10-3-1-9(2-4-10)15-13(18)11-7-19-6-5-14-11/h1-4,11,14H,5-8H2,(H,15,18)(H,16,17). The first-order chi connectivity index (χ1) is 9.65. The highest BCUT2D eigenvalue weighted by Crippen LogP contribution is 2.16. The van der Waals surface area contributed by atoms with Crippen molar-refractivity contribution in [3.05, 3.63) is 24.3 Å². The van der Waals surface area contributed by atoms with Crippen molar-refractivity contribution in [3.63, 3.8) is 0 Å². The van der Waals surface area contributed by atoms with Crippen molar-refractivity contribution in [2.45, 2.75) is 6.04 Å². The molecule has 1 aromatic carbocycles. The molecule has 7 heteroatoms. The summed E-state index contributed by atoms with van der Waals surface area (Å²) in [6.45, 7) is 1.22. The van der Waals surface area contributed by atoms with E-state index in [-0.39, 0.29) is 11.9 Å². The molecular weight excluding hydrogens is 264 g/mol. The first-order valence-corrected chi connectivity index (χ1v) is 6.22. The van der Waals surface area contributed by atoms with E-state index in [1.165, 1.54) is 0 Å². The number of hydrogen-bond acceptors (Lipinski definition) is 5. The maximum Gasteiger partial charge on any atom is 0.341 e. The Morgan fingerprint density at radius 2 is 2.15 bits per heavy atom. The average molecular weight is 280 g/mol. The van der Waals surface area contributed by atoms with Crippen LogP contribution < -0.4 is 15.4 Å². The Morgan fingerprint density at radius 1 is 1.40 bits per heavy atom. The fourth-order valence-electron chi connectivity index (χ4n) is 1.74. The minimum absolute atomic E-state index is 0.163. The molecule has 7 nitrogen and oxygen atoms in total. The molecule has 1 fully saturated rings. The Morgan fingerprint density at radius 3 is 2.75 bits per heavy atom.